The van der Waals surface area contributed by atoms with E-state index >= 15 is 0 Å². The first-order valence-electron chi connectivity index (χ1n) is 11.0. The van der Waals surface area contributed by atoms with E-state index in [-0.39, 0.29) is 17.4 Å². The molecule has 0 bridgehead atoms. The second kappa shape index (κ2) is 8.37. The second-order valence-electron chi connectivity index (χ2n) is 9.50. The first-order chi connectivity index (χ1) is 15.8. The zero-order chi connectivity index (χ0) is 24.8. The third-order valence-electron chi connectivity index (χ3n) is 5.49. The number of aryl methyl sites for hydroxylation is 1. The third-order valence-corrected chi connectivity index (χ3v) is 5.49. The average molecular weight is 475 g/mol. The molecule has 1 saturated heterocycles. The van der Waals surface area contributed by atoms with Crippen molar-refractivity contribution < 1.29 is 23.4 Å². The predicted octanol–water partition coefficient (Wildman–Crippen LogP) is 3.97. The Morgan fingerprint density at radius 1 is 1.09 bits per heavy atom. The molecule has 2 aromatic heterocycles. The van der Waals surface area contributed by atoms with Gasteiger partial charge in [-0.1, -0.05) is 0 Å². The number of alkyl halides is 2. The summed E-state index contributed by atoms with van der Waals surface area (Å²) in [5.74, 6) is -2.55. The molecule has 0 aliphatic carbocycles. The van der Waals surface area contributed by atoms with E-state index in [1.54, 1.807) is 24.1 Å². The maximum atomic E-state index is 13.7. The first-order valence-corrected chi connectivity index (χ1v) is 11.0. The van der Waals surface area contributed by atoms with Crippen molar-refractivity contribution in [2.75, 3.05) is 31.1 Å². The van der Waals surface area contributed by atoms with Crippen LogP contribution in [0, 0.1) is 6.92 Å². The number of halogens is 2. The van der Waals surface area contributed by atoms with Gasteiger partial charge in [0.1, 0.15) is 11.4 Å². The van der Waals surface area contributed by atoms with Crippen LogP contribution in [0.1, 0.15) is 38.8 Å². The monoisotopic (exact) mass is 474 g/mol. The lowest BCUT2D eigenvalue weighted by Gasteiger charge is -2.35. The fourth-order valence-electron chi connectivity index (χ4n) is 3.81. The zero-order valence-corrected chi connectivity index (χ0v) is 19.8. The van der Waals surface area contributed by atoms with E-state index in [0.717, 1.165) is 13.0 Å². The number of anilines is 1. The highest BCUT2D eigenvalue weighted by atomic mass is 19.3. The Morgan fingerprint density at radius 3 is 2.35 bits per heavy atom. The highest BCUT2D eigenvalue weighted by molar-refractivity contribution is 5.72. The molecule has 1 aliphatic heterocycles. The maximum Gasteiger partial charge on any atom is 0.410 e. The standard InChI is InChI=1S/C23H28F2N6O3/c1-14-12-15(23(5,24)25)13-17(32)18(14)16-6-7-31-19(26-16)27-20(28-31)29-8-10-30(11-9-29)21(33)34-22(2,3)4/h6-7,12-13,32H,8-11H2,1-5H3. The number of amides is 1. The lowest BCUT2D eigenvalue weighted by Crippen LogP contribution is -2.50. The Hall–Kier alpha value is -3.50. The summed E-state index contributed by atoms with van der Waals surface area (Å²) in [4.78, 5) is 24.9. The molecule has 4 rings (SSSR count). The number of benzene rings is 1. The zero-order valence-electron chi connectivity index (χ0n) is 19.8. The Morgan fingerprint density at radius 2 is 1.76 bits per heavy atom. The van der Waals surface area contributed by atoms with E-state index in [2.05, 4.69) is 15.1 Å². The van der Waals surface area contributed by atoms with Crippen LogP contribution < -0.4 is 4.90 Å². The number of carbonyl (C=O) groups excluding carboxylic acids is 1. The first kappa shape index (κ1) is 23.7. The van der Waals surface area contributed by atoms with E-state index in [1.807, 2.05) is 25.7 Å². The van der Waals surface area contributed by atoms with Gasteiger partial charge in [-0.15, -0.1) is 5.10 Å². The highest BCUT2D eigenvalue weighted by Crippen LogP contribution is 2.37. The van der Waals surface area contributed by atoms with E-state index in [0.29, 0.717) is 54.7 Å². The molecule has 182 valence electrons. The molecule has 3 heterocycles. The van der Waals surface area contributed by atoms with Gasteiger partial charge in [-0.25, -0.2) is 23.1 Å². The van der Waals surface area contributed by atoms with Gasteiger partial charge in [0, 0.05) is 50.4 Å². The van der Waals surface area contributed by atoms with Crippen LogP contribution in [0.25, 0.3) is 17.0 Å². The average Bonchev–Trinajstić information content (AvgIpc) is 3.15. The largest absolute Gasteiger partial charge is 0.507 e. The van der Waals surface area contributed by atoms with Crippen molar-refractivity contribution in [2.24, 2.45) is 0 Å². The number of ether oxygens (including phenoxy) is 1. The van der Waals surface area contributed by atoms with Crippen LogP contribution in [-0.2, 0) is 10.7 Å². The summed E-state index contributed by atoms with van der Waals surface area (Å²) in [6.07, 6.45) is 1.32. The summed E-state index contributed by atoms with van der Waals surface area (Å²) in [5.41, 5.74) is 0.438. The number of phenols is 1. The quantitative estimate of drug-likeness (QED) is 0.614. The van der Waals surface area contributed by atoms with Gasteiger partial charge in [0.25, 0.3) is 11.7 Å². The topological polar surface area (TPSA) is 96.1 Å². The van der Waals surface area contributed by atoms with Gasteiger partial charge < -0.3 is 19.6 Å². The van der Waals surface area contributed by atoms with Crippen LogP contribution in [0.3, 0.4) is 0 Å². The molecule has 34 heavy (non-hydrogen) atoms. The summed E-state index contributed by atoms with van der Waals surface area (Å²) in [7, 11) is 0. The molecule has 1 N–H and O–H groups in total. The molecule has 1 fully saturated rings. The van der Waals surface area contributed by atoms with E-state index in [4.69, 9.17) is 4.74 Å². The third kappa shape index (κ3) is 4.87. The van der Waals surface area contributed by atoms with Crippen LogP contribution in [-0.4, -0.2) is 67.5 Å². The SMILES string of the molecule is Cc1cc(C(C)(F)F)cc(O)c1-c1ccn2nc(N3CCN(C(=O)OC(C)(C)C)CC3)nc2n1. The molecule has 1 aliphatic rings. The number of aromatic nitrogens is 4. The normalized spacial score (nSPS) is 15.1. The number of fused-ring (bicyclic) bond motifs is 1. The van der Waals surface area contributed by atoms with Crippen LogP contribution >= 0.6 is 0 Å². The van der Waals surface area contributed by atoms with Crippen molar-refractivity contribution in [2.45, 2.75) is 46.1 Å². The molecule has 1 amide bonds. The predicted molar refractivity (Wildman–Crippen MR) is 122 cm³/mol. The van der Waals surface area contributed by atoms with Gasteiger partial charge in [-0.3, -0.25) is 0 Å². The van der Waals surface area contributed by atoms with Crippen molar-refractivity contribution in [1.82, 2.24) is 24.5 Å². The van der Waals surface area contributed by atoms with Crippen molar-refractivity contribution in [3.63, 3.8) is 0 Å². The van der Waals surface area contributed by atoms with Gasteiger partial charge in [0.05, 0.1) is 5.69 Å². The summed E-state index contributed by atoms with van der Waals surface area (Å²) in [6.45, 7) is 9.96. The van der Waals surface area contributed by atoms with Crippen molar-refractivity contribution in [3.8, 4) is 17.0 Å². The lowest BCUT2D eigenvalue weighted by molar-refractivity contribution is 0.0171. The number of piperazine rings is 1. The van der Waals surface area contributed by atoms with E-state index < -0.39 is 11.5 Å². The van der Waals surface area contributed by atoms with Gasteiger partial charge in [-0.2, -0.15) is 4.98 Å². The van der Waals surface area contributed by atoms with E-state index in [1.165, 1.54) is 10.6 Å². The van der Waals surface area contributed by atoms with Crippen LogP contribution in [0.4, 0.5) is 19.5 Å². The molecule has 0 saturated carbocycles. The summed E-state index contributed by atoms with van der Waals surface area (Å²) < 4.78 is 34.3. The lowest BCUT2D eigenvalue weighted by atomic mass is 9.98. The molecule has 0 radical (unpaired) electrons. The smallest absolute Gasteiger partial charge is 0.410 e. The van der Waals surface area contributed by atoms with Crippen LogP contribution in [0.5, 0.6) is 5.75 Å². The Bertz CT molecular complexity index is 1200. The summed E-state index contributed by atoms with van der Waals surface area (Å²) >= 11 is 0. The Kier molecular flexibility index (Phi) is 5.82. The molecule has 1 aromatic carbocycles. The Balaban J connectivity index is 1.53. The number of hydrogen-bond acceptors (Lipinski definition) is 7. The van der Waals surface area contributed by atoms with Gasteiger partial charge in [0.15, 0.2) is 0 Å². The molecular weight excluding hydrogens is 446 g/mol. The molecule has 0 spiro atoms. The number of carbonyl (C=O) groups is 1. The van der Waals surface area contributed by atoms with E-state index in [9.17, 15) is 18.7 Å². The Labute approximate surface area is 196 Å². The number of aromatic hydroxyl groups is 1. The van der Waals surface area contributed by atoms with Gasteiger partial charge >= 0.3 is 6.09 Å². The van der Waals surface area contributed by atoms with Crippen molar-refractivity contribution >= 4 is 17.8 Å². The minimum Gasteiger partial charge on any atom is -0.507 e. The number of phenolic OH excluding ortho intramolecular Hbond substituents is 1. The molecule has 3 aromatic rings. The van der Waals surface area contributed by atoms with Crippen LogP contribution in [0.2, 0.25) is 0 Å². The summed E-state index contributed by atoms with van der Waals surface area (Å²) in [6, 6.07) is 4.06. The highest BCUT2D eigenvalue weighted by Gasteiger charge is 2.28. The van der Waals surface area contributed by atoms with Crippen molar-refractivity contribution in [3.05, 3.63) is 35.5 Å². The molecular formula is C23H28F2N6O3. The molecule has 0 unspecified atom stereocenters. The minimum absolute atomic E-state index is 0.261. The minimum atomic E-state index is -3.06. The molecule has 11 heteroatoms. The van der Waals surface area contributed by atoms with Crippen LogP contribution in [0.15, 0.2) is 24.4 Å². The van der Waals surface area contributed by atoms with Crippen molar-refractivity contribution in [1.29, 1.82) is 0 Å². The fraction of sp³-hybridized carbons (Fsp3) is 0.478. The van der Waals surface area contributed by atoms with Gasteiger partial charge in [-0.05, 0) is 51.5 Å². The maximum absolute atomic E-state index is 13.7. The molecule has 0 atom stereocenters. The van der Waals surface area contributed by atoms with Gasteiger partial charge in [0.2, 0.25) is 5.95 Å². The second-order valence-corrected chi connectivity index (χ2v) is 9.50. The summed E-state index contributed by atoms with van der Waals surface area (Å²) in [5, 5.41) is 14.9. The number of nitrogens with zero attached hydrogens (tertiary/aromatic N) is 6. The number of rotatable bonds is 3. The number of hydrogen-bond donors (Lipinski definition) is 1. The fourth-order valence-corrected chi connectivity index (χ4v) is 3.81. The molecule has 9 nitrogen and oxygen atoms in total.